The zero-order valence-electron chi connectivity index (χ0n) is 16.8. The molecule has 0 unspecified atom stereocenters. The maximum Gasteiger partial charge on any atom is 0.342 e. The van der Waals surface area contributed by atoms with E-state index in [1.807, 2.05) is 0 Å². The van der Waals surface area contributed by atoms with E-state index in [1.54, 1.807) is 13.8 Å². The van der Waals surface area contributed by atoms with Gasteiger partial charge in [-0.1, -0.05) is 13.8 Å². The summed E-state index contributed by atoms with van der Waals surface area (Å²) in [6.07, 6.45) is 0. The van der Waals surface area contributed by atoms with E-state index in [0.29, 0.717) is 13.1 Å². The van der Waals surface area contributed by atoms with Crippen molar-refractivity contribution in [2.45, 2.75) is 32.6 Å². The Morgan fingerprint density at radius 1 is 1.00 bits per heavy atom. The highest BCUT2D eigenvalue weighted by atomic mass is 32.2. The average Bonchev–Trinajstić information content (AvgIpc) is 2.96. The molecule has 0 aliphatic carbocycles. The van der Waals surface area contributed by atoms with E-state index in [4.69, 9.17) is 9.15 Å². The number of carbonyl (C=O) groups is 1. The number of aryl methyl sites for hydroxylation is 2. The molecule has 1 fully saturated rings. The van der Waals surface area contributed by atoms with Crippen LogP contribution < -0.4 is 0 Å². The summed E-state index contributed by atoms with van der Waals surface area (Å²) < 4.78 is 65.4. The summed E-state index contributed by atoms with van der Waals surface area (Å²) in [6, 6.07) is 0. The largest absolute Gasteiger partial charge is 0.465 e. The number of esters is 1. The molecule has 0 spiro atoms. The lowest BCUT2D eigenvalue weighted by Crippen LogP contribution is -2.54. The van der Waals surface area contributed by atoms with E-state index in [9.17, 15) is 21.6 Å². The maximum atomic E-state index is 13.1. The number of rotatable bonds is 7. The van der Waals surface area contributed by atoms with Crippen molar-refractivity contribution in [3.05, 3.63) is 17.1 Å². The third kappa shape index (κ3) is 3.96. The molecule has 2 heterocycles. The fourth-order valence-electron chi connectivity index (χ4n) is 3.30. The number of piperazine rings is 1. The van der Waals surface area contributed by atoms with Gasteiger partial charge >= 0.3 is 5.97 Å². The van der Waals surface area contributed by atoms with E-state index in [2.05, 4.69) is 0 Å². The zero-order valence-corrected chi connectivity index (χ0v) is 18.4. The van der Waals surface area contributed by atoms with Gasteiger partial charge in [-0.2, -0.15) is 21.3 Å². The fourth-order valence-corrected chi connectivity index (χ4v) is 6.69. The summed E-state index contributed by atoms with van der Waals surface area (Å²) in [5, 5.41) is 0. The van der Waals surface area contributed by atoms with Gasteiger partial charge in [0.1, 0.15) is 22.0 Å². The predicted octanol–water partition coefficient (Wildman–Crippen LogP) is 0.576. The van der Waals surface area contributed by atoms with Crippen LogP contribution in [0.25, 0.3) is 0 Å². The van der Waals surface area contributed by atoms with Crippen LogP contribution in [0.1, 0.15) is 35.7 Å². The van der Waals surface area contributed by atoms with Gasteiger partial charge in [-0.05, 0) is 13.8 Å². The molecule has 1 saturated heterocycles. The molecule has 0 radical (unpaired) electrons. The fraction of sp³-hybridized carbons (Fsp3) is 0.688. The molecule has 1 aromatic heterocycles. The van der Waals surface area contributed by atoms with Crippen molar-refractivity contribution in [2.75, 3.05) is 46.4 Å². The molecule has 10 nitrogen and oxygen atoms in total. The highest BCUT2D eigenvalue weighted by Gasteiger charge is 2.39. The topological polar surface area (TPSA) is 117 Å². The minimum Gasteiger partial charge on any atom is -0.465 e. The predicted molar refractivity (Wildman–Crippen MR) is 102 cm³/mol. The number of furan rings is 1. The molecule has 0 bridgehead atoms. The first-order valence-electron chi connectivity index (χ1n) is 8.95. The van der Waals surface area contributed by atoms with Gasteiger partial charge in [-0.15, -0.1) is 0 Å². The number of hydrogen-bond acceptors (Lipinski definition) is 7. The first-order valence-corrected chi connectivity index (χ1v) is 11.8. The van der Waals surface area contributed by atoms with E-state index >= 15 is 0 Å². The van der Waals surface area contributed by atoms with Crippen molar-refractivity contribution in [3.8, 4) is 0 Å². The Hall–Kier alpha value is -1.47. The average molecular weight is 438 g/mol. The molecule has 1 aliphatic heterocycles. The molecule has 1 aliphatic rings. The monoisotopic (exact) mass is 437 g/mol. The van der Waals surface area contributed by atoms with Crippen LogP contribution in [0.3, 0.4) is 0 Å². The van der Waals surface area contributed by atoms with Crippen LogP contribution in [-0.4, -0.2) is 82.1 Å². The second-order valence-electron chi connectivity index (χ2n) is 6.31. The van der Waals surface area contributed by atoms with Crippen LogP contribution in [0.2, 0.25) is 0 Å². The number of ether oxygens (including phenoxy) is 1. The van der Waals surface area contributed by atoms with Crippen LogP contribution in [0, 0.1) is 13.8 Å². The summed E-state index contributed by atoms with van der Waals surface area (Å²) in [5.74, 6) is -0.544. The molecule has 1 aromatic rings. The second-order valence-corrected chi connectivity index (χ2v) is 10.1. The Balaban J connectivity index is 2.29. The third-order valence-electron chi connectivity index (χ3n) is 4.75. The molecule has 12 heteroatoms. The Bertz CT molecular complexity index is 926. The highest BCUT2D eigenvalue weighted by Crippen LogP contribution is 2.30. The number of sulfonamides is 1. The zero-order chi connectivity index (χ0) is 21.3. The molecular formula is C16H27N3O7S2. The first kappa shape index (κ1) is 22.8. The van der Waals surface area contributed by atoms with Crippen LogP contribution in [0.15, 0.2) is 9.31 Å². The lowest BCUT2D eigenvalue weighted by Gasteiger charge is -2.35. The van der Waals surface area contributed by atoms with Crippen molar-refractivity contribution < 1.29 is 30.8 Å². The highest BCUT2D eigenvalue weighted by molar-refractivity contribution is 7.89. The molecule has 0 amide bonds. The molecule has 160 valence electrons. The van der Waals surface area contributed by atoms with Crippen LogP contribution in [-0.2, 0) is 25.0 Å². The van der Waals surface area contributed by atoms with Gasteiger partial charge in [0.25, 0.3) is 10.2 Å². The van der Waals surface area contributed by atoms with E-state index in [1.165, 1.54) is 26.8 Å². The van der Waals surface area contributed by atoms with Crippen LogP contribution in [0.4, 0.5) is 0 Å². The van der Waals surface area contributed by atoms with Gasteiger partial charge in [0.15, 0.2) is 0 Å². The van der Waals surface area contributed by atoms with Crippen molar-refractivity contribution >= 4 is 26.2 Å². The number of hydrogen-bond donors (Lipinski definition) is 0. The molecule has 0 atom stereocenters. The SMILES string of the molecule is CCN(CC)S(=O)(=O)N1CCN(S(=O)(=O)c2c(C)oc(C)c2C(=O)OC)CC1. The smallest absolute Gasteiger partial charge is 0.342 e. The summed E-state index contributed by atoms with van der Waals surface area (Å²) in [6.45, 7) is 7.16. The van der Waals surface area contributed by atoms with Gasteiger partial charge in [-0.3, -0.25) is 0 Å². The van der Waals surface area contributed by atoms with Crippen molar-refractivity contribution in [1.82, 2.24) is 12.9 Å². The normalized spacial score (nSPS) is 17.2. The minimum atomic E-state index is -4.05. The summed E-state index contributed by atoms with van der Waals surface area (Å²) >= 11 is 0. The minimum absolute atomic E-state index is 0.0207. The first-order chi connectivity index (χ1) is 13.0. The number of carbonyl (C=O) groups excluding carboxylic acids is 1. The van der Waals surface area contributed by atoms with E-state index < -0.39 is 26.2 Å². The van der Waals surface area contributed by atoms with Gasteiger partial charge in [0, 0.05) is 39.3 Å². The Morgan fingerprint density at radius 2 is 1.50 bits per heavy atom. The summed E-state index contributed by atoms with van der Waals surface area (Å²) in [7, 11) is -6.53. The Morgan fingerprint density at radius 3 is 1.96 bits per heavy atom. The van der Waals surface area contributed by atoms with Crippen LogP contribution >= 0.6 is 0 Å². The van der Waals surface area contributed by atoms with E-state index in [-0.39, 0.29) is 48.2 Å². The Labute approximate surface area is 166 Å². The van der Waals surface area contributed by atoms with Crippen LogP contribution in [0.5, 0.6) is 0 Å². The quantitative estimate of drug-likeness (QED) is 0.573. The number of nitrogens with zero attached hydrogens (tertiary/aromatic N) is 3. The van der Waals surface area contributed by atoms with Crippen molar-refractivity contribution in [2.24, 2.45) is 0 Å². The maximum absolute atomic E-state index is 13.1. The lowest BCUT2D eigenvalue weighted by atomic mass is 10.2. The Kier molecular flexibility index (Phi) is 6.92. The molecule has 0 saturated carbocycles. The lowest BCUT2D eigenvalue weighted by molar-refractivity contribution is 0.0594. The summed E-state index contributed by atoms with van der Waals surface area (Å²) in [4.78, 5) is 11.8. The number of methoxy groups -OCH3 is 1. The second kappa shape index (κ2) is 8.49. The van der Waals surface area contributed by atoms with Crippen molar-refractivity contribution in [1.29, 1.82) is 0 Å². The molecule has 28 heavy (non-hydrogen) atoms. The molecular weight excluding hydrogens is 410 g/mol. The van der Waals surface area contributed by atoms with Crippen molar-refractivity contribution in [3.63, 3.8) is 0 Å². The van der Waals surface area contributed by atoms with Gasteiger partial charge in [-0.25, -0.2) is 13.2 Å². The van der Waals surface area contributed by atoms with E-state index in [0.717, 1.165) is 7.11 Å². The third-order valence-corrected chi connectivity index (χ3v) is 8.99. The molecule has 0 aromatic carbocycles. The van der Waals surface area contributed by atoms with Gasteiger partial charge in [0.05, 0.1) is 7.11 Å². The molecule has 2 rings (SSSR count). The standard InChI is InChI=1S/C16H27N3O7S2/c1-6-17(7-2)28(23,24)19-10-8-18(9-11-19)27(21,22)15-13(4)26-12(3)14(15)16(20)25-5/h6-11H2,1-5H3. The molecule has 0 N–H and O–H groups in total. The van der Waals surface area contributed by atoms with Gasteiger partial charge in [0.2, 0.25) is 10.0 Å². The summed E-state index contributed by atoms with van der Waals surface area (Å²) in [5.41, 5.74) is -0.127. The van der Waals surface area contributed by atoms with Gasteiger partial charge < -0.3 is 9.15 Å².